The molecule has 0 radical (unpaired) electrons. The summed E-state index contributed by atoms with van der Waals surface area (Å²) in [6.07, 6.45) is 0. The first-order valence-electron chi connectivity index (χ1n) is 5.87. The maximum absolute atomic E-state index is 9.35. The van der Waals surface area contributed by atoms with Crippen molar-refractivity contribution in [2.45, 2.75) is 10.8 Å². The van der Waals surface area contributed by atoms with Gasteiger partial charge in [-0.3, -0.25) is 5.41 Å². The summed E-state index contributed by atoms with van der Waals surface area (Å²) in [4.78, 5) is 0.900. The highest BCUT2D eigenvalue weighted by atomic mass is 79.9. The van der Waals surface area contributed by atoms with E-state index >= 15 is 0 Å². The number of hydrogen-bond acceptors (Lipinski definition) is 4. The Kier molecular flexibility index (Phi) is 4.83. The standard InChI is InChI=1S/C15H12BrN3S/c16-14-4-2-1-3-12(14)13(9-17)15(19)20-11-7-5-10(18)6-8-11/h1-8,13,19H,18H2. The highest BCUT2D eigenvalue weighted by Gasteiger charge is 2.19. The smallest absolute Gasteiger partial charge is 0.120 e. The number of nitrogens with zero attached hydrogens (tertiary/aromatic N) is 1. The molecule has 1 unspecified atom stereocenters. The molecule has 0 bridgehead atoms. The summed E-state index contributed by atoms with van der Waals surface area (Å²) in [6, 6.07) is 17.0. The van der Waals surface area contributed by atoms with Crippen LogP contribution in [0.5, 0.6) is 0 Å². The van der Waals surface area contributed by atoms with Crippen molar-refractivity contribution in [3.05, 3.63) is 58.6 Å². The van der Waals surface area contributed by atoms with E-state index in [0.29, 0.717) is 10.7 Å². The number of anilines is 1. The van der Waals surface area contributed by atoms with Crippen molar-refractivity contribution >= 4 is 38.4 Å². The molecule has 3 N–H and O–H groups in total. The molecule has 1 atom stereocenters. The molecule has 0 aliphatic rings. The first kappa shape index (κ1) is 14.6. The van der Waals surface area contributed by atoms with E-state index in [2.05, 4.69) is 22.0 Å². The average molecular weight is 346 g/mol. The molecular formula is C15H12BrN3S. The van der Waals surface area contributed by atoms with Crippen molar-refractivity contribution in [3.8, 4) is 6.07 Å². The van der Waals surface area contributed by atoms with E-state index in [1.165, 1.54) is 11.8 Å². The van der Waals surface area contributed by atoms with Gasteiger partial charge in [-0.2, -0.15) is 5.26 Å². The van der Waals surface area contributed by atoms with Crippen molar-refractivity contribution in [2.75, 3.05) is 5.73 Å². The van der Waals surface area contributed by atoms with Gasteiger partial charge in [0.15, 0.2) is 0 Å². The lowest BCUT2D eigenvalue weighted by Gasteiger charge is -2.12. The van der Waals surface area contributed by atoms with Crippen LogP contribution in [0.15, 0.2) is 57.9 Å². The van der Waals surface area contributed by atoms with Crippen LogP contribution < -0.4 is 5.73 Å². The van der Waals surface area contributed by atoms with E-state index in [0.717, 1.165) is 14.9 Å². The highest BCUT2D eigenvalue weighted by Crippen LogP contribution is 2.32. The van der Waals surface area contributed by atoms with Crippen molar-refractivity contribution in [1.29, 1.82) is 10.7 Å². The van der Waals surface area contributed by atoms with Crippen LogP contribution in [0.3, 0.4) is 0 Å². The van der Waals surface area contributed by atoms with Crippen molar-refractivity contribution in [3.63, 3.8) is 0 Å². The van der Waals surface area contributed by atoms with Crippen LogP contribution in [-0.2, 0) is 0 Å². The molecule has 0 amide bonds. The minimum atomic E-state index is -0.576. The van der Waals surface area contributed by atoms with E-state index in [4.69, 9.17) is 11.1 Å². The molecule has 20 heavy (non-hydrogen) atoms. The predicted octanol–water partition coefficient (Wildman–Crippen LogP) is 4.41. The summed E-state index contributed by atoms with van der Waals surface area (Å²) < 4.78 is 0.842. The van der Waals surface area contributed by atoms with Gasteiger partial charge in [-0.15, -0.1) is 0 Å². The number of nitrogens with two attached hydrogens (primary N) is 1. The Balaban J connectivity index is 2.21. The molecular weight excluding hydrogens is 334 g/mol. The quantitative estimate of drug-likeness (QED) is 0.374. The van der Waals surface area contributed by atoms with Gasteiger partial charge in [0.2, 0.25) is 0 Å². The molecule has 0 saturated carbocycles. The molecule has 2 aromatic rings. The lowest BCUT2D eigenvalue weighted by molar-refractivity contribution is 1.14. The molecule has 0 spiro atoms. The van der Waals surface area contributed by atoms with Gasteiger partial charge in [0.05, 0.1) is 11.1 Å². The van der Waals surface area contributed by atoms with Gasteiger partial charge in [-0.1, -0.05) is 45.9 Å². The van der Waals surface area contributed by atoms with Gasteiger partial charge in [0.1, 0.15) is 5.92 Å². The zero-order chi connectivity index (χ0) is 14.5. The zero-order valence-electron chi connectivity index (χ0n) is 10.5. The SMILES string of the molecule is N#CC(C(=N)Sc1ccc(N)cc1)c1ccccc1Br. The number of rotatable bonds is 3. The summed E-state index contributed by atoms with van der Waals surface area (Å²) in [5, 5.41) is 17.8. The van der Waals surface area contributed by atoms with Crippen molar-refractivity contribution in [1.82, 2.24) is 0 Å². The molecule has 100 valence electrons. The number of nitrogen functional groups attached to an aromatic ring is 1. The van der Waals surface area contributed by atoms with Crippen LogP contribution in [0.25, 0.3) is 0 Å². The number of nitrogens with one attached hydrogen (secondary N) is 1. The molecule has 0 aromatic heterocycles. The summed E-state index contributed by atoms with van der Waals surface area (Å²) in [5.41, 5.74) is 7.12. The maximum Gasteiger partial charge on any atom is 0.120 e. The van der Waals surface area contributed by atoms with Gasteiger partial charge in [-0.05, 0) is 35.9 Å². The van der Waals surface area contributed by atoms with Crippen LogP contribution in [-0.4, -0.2) is 5.04 Å². The Morgan fingerprint density at radius 2 is 1.85 bits per heavy atom. The summed E-state index contributed by atoms with van der Waals surface area (Å²) in [7, 11) is 0. The zero-order valence-corrected chi connectivity index (χ0v) is 12.9. The second-order valence-corrected chi connectivity index (χ2v) is 6.09. The third kappa shape index (κ3) is 3.41. The average Bonchev–Trinajstić information content (AvgIpc) is 2.44. The number of hydrogen-bond donors (Lipinski definition) is 2. The fourth-order valence-corrected chi connectivity index (χ4v) is 3.04. The van der Waals surface area contributed by atoms with Crippen LogP contribution in [0.4, 0.5) is 5.69 Å². The summed E-state index contributed by atoms with van der Waals surface area (Å²) in [5.74, 6) is -0.576. The Morgan fingerprint density at radius 3 is 2.45 bits per heavy atom. The summed E-state index contributed by atoms with van der Waals surface area (Å²) in [6.45, 7) is 0. The second-order valence-electron chi connectivity index (χ2n) is 4.12. The Labute approximate surface area is 130 Å². The van der Waals surface area contributed by atoms with Crippen molar-refractivity contribution in [2.24, 2.45) is 0 Å². The molecule has 2 rings (SSSR count). The van der Waals surface area contributed by atoms with Gasteiger partial charge < -0.3 is 5.73 Å². The lowest BCUT2D eigenvalue weighted by atomic mass is 10.0. The monoisotopic (exact) mass is 345 g/mol. The van der Waals surface area contributed by atoms with Gasteiger partial charge in [0, 0.05) is 15.1 Å². The topological polar surface area (TPSA) is 73.7 Å². The minimum Gasteiger partial charge on any atom is -0.399 e. The first-order chi connectivity index (χ1) is 9.61. The van der Waals surface area contributed by atoms with E-state index in [1.807, 2.05) is 36.4 Å². The minimum absolute atomic E-state index is 0.296. The molecule has 0 fully saturated rings. The van der Waals surface area contributed by atoms with Gasteiger partial charge >= 0.3 is 0 Å². The predicted molar refractivity (Wildman–Crippen MR) is 86.9 cm³/mol. The molecule has 3 nitrogen and oxygen atoms in total. The Bertz CT molecular complexity index is 662. The van der Waals surface area contributed by atoms with E-state index in [9.17, 15) is 5.26 Å². The molecule has 0 saturated heterocycles. The van der Waals surface area contributed by atoms with Crippen LogP contribution in [0.2, 0.25) is 0 Å². The van der Waals surface area contributed by atoms with Gasteiger partial charge in [0.25, 0.3) is 0 Å². The van der Waals surface area contributed by atoms with E-state index in [1.54, 1.807) is 12.1 Å². The third-order valence-electron chi connectivity index (χ3n) is 2.72. The summed E-state index contributed by atoms with van der Waals surface area (Å²) >= 11 is 4.70. The number of benzene rings is 2. The second kappa shape index (κ2) is 6.60. The molecule has 0 aliphatic carbocycles. The van der Waals surface area contributed by atoms with Crippen molar-refractivity contribution < 1.29 is 0 Å². The van der Waals surface area contributed by atoms with E-state index in [-0.39, 0.29) is 0 Å². The lowest BCUT2D eigenvalue weighted by Crippen LogP contribution is -2.06. The maximum atomic E-state index is 9.35. The molecule has 0 heterocycles. The Morgan fingerprint density at radius 1 is 1.20 bits per heavy atom. The number of thioether (sulfide) groups is 1. The Hall–Kier alpha value is -1.77. The molecule has 2 aromatic carbocycles. The third-order valence-corrected chi connectivity index (χ3v) is 4.40. The normalized spacial score (nSPS) is 11.6. The largest absolute Gasteiger partial charge is 0.399 e. The van der Waals surface area contributed by atoms with Crippen LogP contribution in [0.1, 0.15) is 11.5 Å². The van der Waals surface area contributed by atoms with Gasteiger partial charge in [-0.25, -0.2) is 0 Å². The van der Waals surface area contributed by atoms with Crippen LogP contribution >= 0.6 is 27.7 Å². The highest BCUT2D eigenvalue weighted by molar-refractivity contribution is 9.10. The fraction of sp³-hybridized carbons (Fsp3) is 0.0667. The number of halogens is 1. The molecule has 5 heteroatoms. The van der Waals surface area contributed by atoms with E-state index < -0.39 is 5.92 Å². The number of nitriles is 1. The van der Waals surface area contributed by atoms with Crippen LogP contribution in [0, 0.1) is 16.7 Å². The first-order valence-corrected chi connectivity index (χ1v) is 7.48. The molecule has 0 aliphatic heterocycles. The fourth-order valence-electron chi connectivity index (χ4n) is 1.70.